The highest BCUT2D eigenvalue weighted by molar-refractivity contribution is 7.71. The van der Waals surface area contributed by atoms with E-state index in [9.17, 15) is 0 Å². The fraction of sp³-hybridized carbons (Fsp3) is 0.533. The third-order valence-corrected chi connectivity index (χ3v) is 5.69. The predicted octanol–water partition coefficient (Wildman–Crippen LogP) is 4.38. The highest BCUT2D eigenvalue weighted by Crippen LogP contribution is 2.68. The highest BCUT2D eigenvalue weighted by atomic mass is 32.1. The monoisotopic (exact) mass is 260 g/mol. The van der Waals surface area contributed by atoms with E-state index in [1.165, 1.54) is 5.52 Å². The van der Waals surface area contributed by atoms with Gasteiger partial charge in [0.1, 0.15) is 0 Å². The van der Waals surface area contributed by atoms with Crippen molar-refractivity contribution in [2.24, 2.45) is 16.7 Å². The molecule has 0 bridgehead atoms. The van der Waals surface area contributed by atoms with Gasteiger partial charge in [-0.3, -0.25) is 0 Å². The molecule has 2 nitrogen and oxygen atoms in total. The van der Waals surface area contributed by atoms with Gasteiger partial charge in [-0.05, 0) is 41.1 Å². The maximum absolute atomic E-state index is 5.46. The van der Waals surface area contributed by atoms with Crippen LogP contribution < -0.4 is 0 Å². The minimum Gasteiger partial charge on any atom is -0.331 e. The number of aromatic nitrogens is 2. The molecular weight excluding hydrogens is 240 g/mol. The molecule has 1 aromatic carbocycles. The summed E-state index contributed by atoms with van der Waals surface area (Å²) in [5.41, 5.74) is 3.17. The molecular formula is C15H20N2S. The van der Waals surface area contributed by atoms with Crippen LogP contribution in [0.4, 0.5) is 0 Å². The summed E-state index contributed by atoms with van der Waals surface area (Å²) >= 11 is 5.46. The Hall–Kier alpha value is -1.09. The van der Waals surface area contributed by atoms with Gasteiger partial charge in [-0.15, -0.1) is 0 Å². The number of hydrogen-bond acceptors (Lipinski definition) is 1. The average molecular weight is 260 g/mol. The van der Waals surface area contributed by atoms with E-state index in [1.807, 2.05) is 6.07 Å². The number of rotatable bonds is 2. The Morgan fingerprint density at radius 3 is 2.39 bits per heavy atom. The summed E-state index contributed by atoms with van der Waals surface area (Å²) in [7, 11) is 0. The lowest BCUT2D eigenvalue weighted by molar-refractivity contribution is 0.457. The quantitative estimate of drug-likeness (QED) is 0.795. The summed E-state index contributed by atoms with van der Waals surface area (Å²) in [5, 5.41) is 0. The van der Waals surface area contributed by atoms with E-state index in [2.05, 4.69) is 55.4 Å². The van der Waals surface area contributed by atoms with Crippen molar-refractivity contribution in [3.8, 4) is 0 Å². The molecule has 1 aliphatic rings. The average Bonchev–Trinajstić information content (AvgIpc) is 2.57. The number of para-hydroxylation sites is 2. The van der Waals surface area contributed by atoms with Crippen molar-refractivity contribution in [2.45, 2.75) is 34.2 Å². The largest absolute Gasteiger partial charge is 0.331 e. The molecule has 2 aromatic rings. The minimum atomic E-state index is 0.403. The van der Waals surface area contributed by atoms with Gasteiger partial charge in [0.25, 0.3) is 0 Å². The summed E-state index contributed by atoms with van der Waals surface area (Å²) in [6.45, 7) is 10.4. The lowest BCUT2D eigenvalue weighted by Crippen LogP contribution is -2.04. The second-order valence-corrected chi connectivity index (χ2v) is 6.94. The van der Waals surface area contributed by atoms with Crippen LogP contribution in [0.25, 0.3) is 11.0 Å². The Bertz CT molecular complexity index is 646. The van der Waals surface area contributed by atoms with Crippen LogP contribution in [0.15, 0.2) is 24.3 Å². The molecule has 96 valence electrons. The van der Waals surface area contributed by atoms with Crippen LogP contribution in [0.2, 0.25) is 0 Å². The van der Waals surface area contributed by atoms with Gasteiger partial charge in [0.15, 0.2) is 4.77 Å². The van der Waals surface area contributed by atoms with Gasteiger partial charge >= 0.3 is 0 Å². The normalized spacial score (nSPS) is 21.3. The van der Waals surface area contributed by atoms with Gasteiger partial charge in [0.2, 0.25) is 0 Å². The zero-order valence-corrected chi connectivity index (χ0v) is 12.3. The second-order valence-electron chi connectivity index (χ2n) is 6.55. The molecule has 3 heteroatoms. The maximum atomic E-state index is 5.46. The third kappa shape index (κ3) is 1.43. The lowest BCUT2D eigenvalue weighted by Gasteiger charge is -2.06. The Labute approximate surface area is 113 Å². The van der Waals surface area contributed by atoms with E-state index >= 15 is 0 Å². The zero-order valence-electron chi connectivity index (χ0n) is 11.4. The molecule has 0 spiro atoms. The molecule has 0 saturated heterocycles. The van der Waals surface area contributed by atoms with Crippen LogP contribution in [0.3, 0.4) is 0 Å². The van der Waals surface area contributed by atoms with Crippen LogP contribution in [0.5, 0.6) is 0 Å². The van der Waals surface area contributed by atoms with Gasteiger partial charge in [0.05, 0.1) is 11.0 Å². The first kappa shape index (κ1) is 12.0. The number of nitrogens with one attached hydrogen (secondary N) is 1. The molecule has 18 heavy (non-hydrogen) atoms. The first-order valence-corrected chi connectivity index (χ1v) is 6.94. The van der Waals surface area contributed by atoms with Gasteiger partial charge in [-0.25, -0.2) is 0 Å². The SMILES string of the molecule is CC1(C)C(Cn2c(=S)[nH]c3ccccc32)C1(C)C. The van der Waals surface area contributed by atoms with E-state index < -0.39 is 0 Å². The van der Waals surface area contributed by atoms with Gasteiger partial charge in [0, 0.05) is 6.54 Å². The Balaban J connectivity index is 2.02. The summed E-state index contributed by atoms with van der Waals surface area (Å²) in [4.78, 5) is 3.29. The Kier molecular flexibility index (Phi) is 2.31. The number of aromatic amines is 1. The van der Waals surface area contributed by atoms with Gasteiger partial charge in [-0.1, -0.05) is 39.8 Å². The molecule has 1 N–H and O–H groups in total. The number of H-pyrrole nitrogens is 1. The van der Waals surface area contributed by atoms with Crippen molar-refractivity contribution in [3.63, 3.8) is 0 Å². The van der Waals surface area contributed by atoms with Crippen molar-refractivity contribution in [1.82, 2.24) is 9.55 Å². The molecule has 1 aliphatic carbocycles. The number of hydrogen-bond donors (Lipinski definition) is 1. The van der Waals surface area contributed by atoms with Crippen molar-refractivity contribution >= 4 is 23.3 Å². The summed E-state index contributed by atoms with van der Waals surface area (Å²) < 4.78 is 3.10. The summed E-state index contributed by atoms with van der Waals surface area (Å²) in [5.74, 6) is 0.691. The summed E-state index contributed by atoms with van der Waals surface area (Å²) in [6, 6.07) is 8.35. The lowest BCUT2D eigenvalue weighted by atomic mass is 10.0. The fourth-order valence-electron chi connectivity index (χ4n) is 3.26. The second kappa shape index (κ2) is 3.47. The molecule has 0 amide bonds. The fourth-order valence-corrected chi connectivity index (χ4v) is 3.54. The number of benzene rings is 1. The number of nitrogens with zero attached hydrogens (tertiary/aromatic N) is 1. The standard InChI is InChI=1S/C15H20N2S/c1-14(2)12(15(14,3)4)9-17-11-8-6-5-7-10(11)16-13(17)18/h5-8,12H,9H2,1-4H3,(H,16,18). The van der Waals surface area contributed by atoms with Crippen LogP contribution in [0, 0.1) is 21.5 Å². The summed E-state index contributed by atoms with van der Waals surface area (Å²) in [6.07, 6.45) is 0. The van der Waals surface area contributed by atoms with Crippen molar-refractivity contribution in [3.05, 3.63) is 29.0 Å². The molecule has 0 unspecified atom stereocenters. The topological polar surface area (TPSA) is 20.7 Å². The predicted molar refractivity (Wildman–Crippen MR) is 78.2 cm³/mol. The van der Waals surface area contributed by atoms with E-state index in [0.717, 1.165) is 16.8 Å². The van der Waals surface area contributed by atoms with E-state index in [4.69, 9.17) is 12.2 Å². The minimum absolute atomic E-state index is 0.403. The highest BCUT2D eigenvalue weighted by Gasteiger charge is 2.64. The van der Waals surface area contributed by atoms with E-state index in [1.54, 1.807) is 0 Å². The molecule has 0 atom stereocenters. The maximum Gasteiger partial charge on any atom is 0.178 e. The zero-order chi connectivity index (χ0) is 13.1. The molecule has 0 radical (unpaired) electrons. The first-order valence-electron chi connectivity index (χ1n) is 6.53. The van der Waals surface area contributed by atoms with Crippen LogP contribution in [-0.2, 0) is 6.54 Å². The number of imidazole rings is 1. The van der Waals surface area contributed by atoms with E-state index in [-0.39, 0.29) is 0 Å². The van der Waals surface area contributed by atoms with Crippen LogP contribution in [0.1, 0.15) is 27.7 Å². The third-order valence-electron chi connectivity index (χ3n) is 5.37. The van der Waals surface area contributed by atoms with Crippen molar-refractivity contribution in [2.75, 3.05) is 0 Å². The molecule has 0 aliphatic heterocycles. The molecule has 1 heterocycles. The Morgan fingerprint density at radius 1 is 1.17 bits per heavy atom. The molecule has 1 fully saturated rings. The molecule has 1 aromatic heterocycles. The van der Waals surface area contributed by atoms with Crippen molar-refractivity contribution < 1.29 is 0 Å². The number of fused-ring (bicyclic) bond motifs is 1. The first-order chi connectivity index (χ1) is 8.35. The van der Waals surface area contributed by atoms with E-state index in [0.29, 0.717) is 16.7 Å². The van der Waals surface area contributed by atoms with Crippen LogP contribution in [-0.4, -0.2) is 9.55 Å². The Morgan fingerprint density at radius 2 is 1.78 bits per heavy atom. The molecule has 1 saturated carbocycles. The van der Waals surface area contributed by atoms with Gasteiger partial charge in [-0.2, -0.15) is 0 Å². The van der Waals surface area contributed by atoms with Gasteiger partial charge < -0.3 is 9.55 Å². The molecule has 3 rings (SSSR count). The van der Waals surface area contributed by atoms with Crippen LogP contribution >= 0.6 is 12.2 Å². The van der Waals surface area contributed by atoms with Crippen molar-refractivity contribution in [1.29, 1.82) is 0 Å². The smallest absolute Gasteiger partial charge is 0.178 e.